The number of amides is 1. The van der Waals surface area contributed by atoms with Gasteiger partial charge in [0, 0.05) is 18.0 Å². The molecule has 1 aromatic carbocycles. The number of rotatable bonds is 8. The summed E-state index contributed by atoms with van der Waals surface area (Å²) in [6, 6.07) is 9.36. The molecular weight excluding hydrogens is 540 g/mol. The standard InChI is InChI=1S/C22H36O.C14H20N2O4/c1-14-9-11-21(3)16(13-14)5-6-17-19-8-7-18(15(2)23)22(19,4)12-10-20(17)21;1-14(2,16-8-12(17)18)10-15-13(19)20-9-11-6-4-3-5-7-11/h14,16-20H,5-13H2,1-4H3;3-7,16H,8-10H2,1-2H3,(H,15,19)(H,17,18). The number of hydrogen-bond acceptors (Lipinski definition) is 5. The summed E-state index contributed by atoms with van der Waals surface area (Å²) in [7, 11) is 0. The van der Waals surface area contributed by atoms with Crippen molar-refractivity contribution in [2.45, 2.75) is 111 Å². The van der Waals surface area contributed by atoms with Crippen LogP contribution >= 0.6 is 0 Å². The molecule has 3 N–H and O–H groups in total. The maximum absolute atomic E-state index is 12.2. The van der Waals surface area contributed by atoms with Gasteiger partial charge in [0.25, 0.3) is 0 Å². The van der Waals surface area contributed by atoms with Gasteiger partial charge in [-0.25, -0.2) is 4.79 Å². The number of carboxylic acid groups (broad SMARTS) is 1. The van der Waals surface area contributed by atoms with Crippen LogP contribution in [-0.2, 0) is 20.9 Å². The van der Waals surface area contributed by atoms with Gasteiger partial charge >= 0.3 is 12.1 Å². The highest BCUT2D eigenvalue weighted by molar-refractivity contribution is 5.79. The van der Waals surface area contributed by atoms with Crippen LogP contribution in [0.5, 0.6) is 0 Å². The van der Waals surface area contributed by atoms with E-state index in [1.165, 1.54) is 57.8 Å². The zero-order chi connectivity index (χ0) is 31.4. The summed E-state index contributed by atoms with van der Waals surface area (Å²) in [5.41, 5.74) is 1.33. The van der Waals surface area contributed by atoms with E-state index in [0.29, 0.717) is 22.5 Å². The Balaban J connectivity index is 0.000000200. The molecule has 0 aliphatic heterocycles. The van der Waals surface area contributed by atoms with Crippen LogP contribution in [0.25, 0.3) is 0 Å². The van der Waals surface area contributed by atoms with Crippen molar-refractivity contribution in [3.8, 4) is 0 Å². The monoisotopic (exact) mass is 596 g/mol. The van der Waals surface area contributed by atoms with E-state index in [1.54, 1.807) is 13.8 Å². The largest absolute Gasteiger partial charge is 0.480 e. The van der Waals surface area contributed by atoms with E-state index in [0.717, 1.165) is 35.2 Å². The summed E-state index contributed by atoms with van der Waals surface area (Å²) >= 11 is 0. The van der Waals surface area contributed by atoms with Crippen LogP contribution < -0.4 is 10.6 Å². The number of ether oxygens (including phenoxy) is 1. The van der Waals surface area contributed by atoms with Gasteiger partial charge < -0.3 is 20.5 Å². The highest BCUT2D eigenvalue weighted by atomic mass is 16.5. The Kier molecular flexibility index (Phi) is 10.7. The highest BCUT2D eigenvalue weighted by Gasteiger charge is 2.60. The lowest BCUT2D eigenvalue weighted by Crippen LogP contribution is -2.53. The predicted octanol–water partition coefficient (Wildman–Crippen LogP) is 7.24. The number of benzene rings is 1. The number of ketones is 1. The molecule has 7 heteroatoms. The van der Waals surface area contributed by atoms with Gasteiger partial charge in [-0.3, -0.25) is 9.59 Å². The third kappa shape index (κ3) is 7.82. The lowest BCUT2D eigenvalue weighted by molar-refractivity contribution is -0.136. The van der Waals surface area contributed by atoms with E-state index in [4.69, 9.17) is 9.84 Å². The smallest absolute Gasteiger partial charge is 0.407 e. The minimum Gasteiger partial charge on any atom is -0.480 e. The van der Waals surface area contributed by atoms with Crippen LogP contribution in [0.1, 0.15) is 105 Å². The fourth-order valence-corrected chi connectivity index (χ4v) is 9.58. The van der Waals surface area contributed by atoms with Gasteiger partial charge in [0.1, 0.15) is 12.4 Å². The fraction of sp³-hybridized carbons (Fsp3) is 0.750. The number of carbonyl (C=O) groups excluding carboxylic acids is 2. The number of carboxylic acids is 1. The van der Waals surface area contributed by atoms with Gasteiger partial charge in [-0.1, -0.05) is 57.5 Å². The molecule has 5 rings (SSSR count). The number of aliphatic carboxylic acids is 1. The second kappa shape index (κ2) is 13.7. The molecule has 4 fully saturated rings. The molecule has 1 aromatic rings. The first-order valence-corrected chi connectivity index (χ1v) is 16.7. The zero-order valence-corrected chi connectivity index (χ0v) is 27.4. The molecule has 0 radical (unpaired) electrons. The van der Waals surface area contributed by atoms with Crippen LogP contribution in [0.4, 0.5) is 4.79 Å². The summed E-state index contributed by atoms with van der Waals surface area (Å²) in [6.45, 7) is 13.4. The summed E-state index contributed by atoms with van der Waals surface area (Å²) in [4.78, 5) is 34.2. The first-order valence-electron chi connectivity index (χ1n) is 16.7. The minimum absolute atomic E-state index is 0.159. The maximum atomic E-state index is 12.2. The van der Waals surface area contributed by atoms with E-state index in [-0.39, 0.29) is 19.7 Å². The second-order valence-corrected chi connectivity index (χ2v) is 15.4. The first kappa shape index (κ1) is 33.5. The molecule has 8 atom stereocenters. The van der Waals surface area contributed by atoms with E-state index >= 15 is 0 Å². The van der Waals surface area contributed by atoms with Crippen molar-refractivity contribution in [1.29, 1.82) is 0 Å². The lowest BCUT2D eigenvalue weighted by Gasteiger charge is -2.61. The van der Waals surface area contributed by atoms with Gasteiger partial charge in [0.05, 0.1) is 6.54 Å². The Morgan fingerprint density at radius 2 is 1.63 bits per heavy atom. The summed E-state index contributed by atoms with van der Waals surface area (Å²) < 4.78 is 5.05. The third-order valence-electron chi connectivity index (χ3n) is 12.0. The number of hydrogen-bond donors (Lipinski definition) is 3. The first-order chi connectivity index (χ1) is 20.2. The lowest BCUT2D eigenvalue weighted by atomic mass is 9.44. The van der Waals surface area contributed by atoms with Crippen molar-refractivity contribution in [2.75, 3.05) is 13.1 Å². The average molecular weight is 597 g/mol. The molecule has 7 nitrogen and oxygen atoms in total. The maximum Gasteiger partial charge on any atom is 0.407 e. The zero-order valence-electron chi connectivity index (χ0n) is 27.4. The van der Waals surface area contributed by atoms with Gasteiger partial charge in [-0.15, -0.1) is 0 Å². The Bertz CT molecular complexity index is 1120. The summed E-state index contributed by atoms with van der Waals surface area (Å²) in [5, 5.41) is 14.0. The molecule has 0 saturated heterocycles. The molecule has 0 spiro atoms. The summed E-state index contributed by atoms with van der Waals surface area (Å²) in [5.74, 6) is 4.56. The van der Waals surface area contributed by atoms with Crippen LogP contribution in [0.2, 0.25) is 0 Å². The molecule has 0 bridgehead atoms. The molecule has 1 amide bonds. The number of nitrogens with one attached hydrogen (secondary N) is 2. The predicted molar refractivity (Wildman–Crippen MR) is 169 cm³/mol. The van der Waals surface area contributed by atoms with Crippen LogP contribution in [0, 0.1) is 46.3 Å². The van der Waals surface area contributed by atoms with E-state index in [1.807, 2.05) is 37.3 Å². The normalized spacial score (nSPS) is 34.8. The Hall–Kier alpha value is -2.41. The van der Waals surface area contributed by atoms with Gasteiger partial charge in [-0.05, 0) is 118 Å². The van der Waals surface area contributed by atoms with Crippen molar-refractivity contribution in [2.24, 2.45) is 46.3 Å². The fourth-order valence-electron chi connectivity index (χ4n) is 9.58. The molecule has 0 heterocycles. The van der Waals surface area contributed by atoms with Gasteiger partial charge in [0.2, 0.25) is 0 Å². The summed E-state index contributed by atoms with van der Waals surface area (Å²) in [6.07, 6.45) is 12.0. The topological polar surface area (TPSA) is 105 Å². The Labute approximate surface area is 259 Å². The third-order valence-corrected chi connectivity index (χ3v) is 12.0. The van der Waals surface area contributed by atoms with E-state index in [2.05, 4.69) is 31.4 Å². The average Bonchev–Trinajstić information content (AvgIpc) is 3.33. The Morgan fingerprint density at radius 1 is 0.953 bits per heavy atom. The molecule has 4 saturated carbocycles. The van der Waals surface area contributed by atoms with Crippen molar-refractivity contribution in [3.05, 3.63) is 35.9 Å². The van der Waals surface area contributed by atoms with Crippen molar-refractivity contribution >= 4 is 17.8 Å². The van der Waals surface area contributed by atoms with E-state index < -0.39 is 17.6 Å². The number of Topliss-reactive ketones (excluding diaryl/α,β-unsaturated/α-hetero) is 1. The molecule has 240 valence electrons. The SMILES string of the molecule is CC(=O)C1CCC2C3CCC4CC(C)CCC4(C)C3CCC12C.CC(C)(CNC(=O)OCc1ccccc1)NCC(=O)O. The molecule has 4 aliphatic rings. The van der Waals surface area contributed by atoms with Crippen LogP contribution in [-0.4, -0.2) is 41.6 Å². The highest BCUT2D eigenvalue weighted by Crippen LogP contribution is 2.67. The van der Waals surface area contributed by atoms with Crippen LogP contribution in [0.3, 0.4) is 0 Å². The van der Waals surface area contributed by atoms with Crippen LogP contribution in [0.15, 0.2) is 30.3 Å². The van der Waals surface area contributed by atoms with Gasteiger partial charge in [-0.2, -0.15) is 0 Å². The molecule has 4 aliphatic carbocycles. The molecule has 8 unspecified atom stereocenters. The number of fused-ring (bicyclic) bond motifs is 5. The molecular formula is C36H56N2O5. The van der Waals surface area contributed by atoms with Crippen molar-refractivity contribution in [1.82, 2.24) is 10.6 Å². The van der Waals surface area contributed by atoms with Gasteiger partial charge in [0.15, 0.2) is 0 Å². The number of carbonyl (C=O) groups is 3. The molecule has 0 aromatic heterocycles. The van der Waals surface area contributed by atoms with E-state index in [9.17, 15) is 14.4 Å². The Morgan fingerprint density at radius 3 is 2.30 bits per heavy atom. The number of alkyl carbamates (subject to hydrolysis) is 1. The quantitative estimate of drug-likeness (QED) is 0.292. The second-order valence-electron chi connectivity index (χ2n) is 15.4. The van der Waals surface area contributed by atoms with Crippen molar-refractivity contribution in [3.63, 3.8) is 0 Å². The minimum atomic E-state index is -0.940. The van der Waals surface area contributed by atoms with Crippen molar-refractivity contribution < 1.29 is 24.2 Å². The molecule has 43 heavy (non-hydrogen) atoms.